The number of hydrogen-bond acceptors (Lipinski definition) is 1. The number of hydrogen-bond donors (Lipinski definition) is 0. The van der Waals surface area contributed by atoms with Crippen molar-refractivity contribution in [2.24, 2.45) is 0 Å². The van der Waals surface area contributed by atoms with E-state index in [1.807, 2.05) is 0 Å². The normalized spacial score (nSPS) is 11.5. The van der Waals surface area contributed by atoms with Crippen LogP contribution in [0.5, 0.6) is 0 Å². The maximum atomic E-state index is 2.39. The molecule has 0 unspecified atom stereocenters. The van der Waals surface area contributed by atoms with Crippen LogP contribution in [-0.2, 0) is 0 Å². The summed E-state index contributed by atoms with van der Waals surface area (Å²) in [6.45, 7) is 0. The number of aromatic nitrogens is 2. The zero-order valence-electron chi connectivity index (χ0n) is 27.9. The van der Waals surface area contributed by atoms with Crippen molar-refractivity contribution in [1.82, 2.24) is 9.13 Å². The van der Waals surface area contributed by atoms with Gasteiger partial charge in [0.05, 0.1) is 22.1 Å². The van der Waals surface area contributed by atoms with Gasteiger partial charge < -0.3 is 14.0 Å². The van der Waals surface area contributed by atoms with E-state index < -0.39 is 0 Å². The highest BCUT2D eigenvalue weighted by atomic mass is 15.1. The van der Waals surface area contributed by atoms with Gasteiger partial charge in [0.1, 0.15) is 0 Å². The van der Waals surface area contributed by atoms with E-state index in [2.05, 4.69) is 214 Å². The van der Waals surface area contributed by atoms with Gasteiger partial charge in [-0.15, -0.1) is 0 Å². The Balaban J connectivity index is 1.15. The van der Waals surface area contributed by atoms with E-state index in [0.29, 0.717) is 0 Å². The van der Waals surface area contributed by atoms with Crippen LogP contribution in [0, 0.1) is 0 Å². The second kappa shape index (κ2) is 11.9. The number of nitrogens with zero attached hydrogens (tertiary/aromatic N) is 3. The van der Waals surface area contributed by atoms with Crippen LogP contribution in [0.4, 0.5) is 17.1 Å². The van der Waals surface area contributed by atoms with Gasteiger partial charge in [-0.25, -0.2) is 0 Å². The maximum Gasteiger partial charge on any atom is 0.0542 e. The van der Waals surface area contributed by atoms with Crippen LogP contribution in [0.1, 0.15) is 0 Å². The van der Waals surface area contributed by atoms with Crippen molar-refractivity contribution in [2.75, 3.05) is 4.90 Å². The molecule has 2 heterocycles. The first-order valence-corrected chi connectivity index (χ1v) is 17.4. The van der Waals surface area contributed by atoms with Crippen molar-refractivity contribution in [3.05, 3.63) is 200 Å². The lowest BCUT2D eigenvalue weighted by Gasteiger charge is -2.26. The lowest BCUT2D eigenvalue weighted by Crippen LogP contribution is -2.09. The highest BCUT2D eigenvalue weighted by Gasteiger charge is 2.19. The SMILES string of the molecule is c1ccc(-c2ccc(-n3c4ccccc4c4cc(N(c5ccccc5)c5ccc6c(c5)c5ccccc5n6-c5ccccc5)ccc43)cc2)cc1. The molecule has 8 aromatic carbocycles. The van der Waals surface area contributed by atoms with Gasteiger partial charge in [-0.05, 0) is 96.1 Å². The Labute approximate surface area is 296 Å². The summed E-state index contributed by atoms with van der Waals surface area (Å²) in [7, 11) is 0. The highest BCUT2D eigenvalue weighted by molar-refractivity contribution is 6.12. The molecule has 0 saturated heterocycles. The number of para-hydroxylation sites is 4. The zero-order valence-corrected chi connectivity index (χ0v) is 27.9. The molecule has 10 rings (SSSR count). The van der Waals surface area contributed by atoms with Gasteiger partial charge >= 0.3 is 0 Å². The van der Waals surface area contributed by atoms with Crippen molar-refractivity contribution in [3.63, 3.8) is 0 Å². The van der Waals surface area contributed by atoms with E-state index in [1.165, 1.54) is 54.7 Å². The van der Waals surface area contributed by atoms with Crippen LogP contribution in [0.3, 0.4) is 0 Å². The van der Waals surface area contributed by atoms with Crippen LogP contribution in [0.2, 0.25) is 0 Å². The van der Waals surface area contributed by atoms with Gasteiger partial charge in [0.2, 0.25) is 0 Å². The molecule has 0 fully saturated rings. The first-order valence-electron chi connectivity index (χ1n) is 17.4. The molecule has 0 spiro atoms. The van der Waals surface area contributed by atoms with Crippen molar-refractivity contribution in [3.8, 4) is 22.5 Å². The summed E-state index contributed by atoms with van der Waals surface area (Å²) < 4.78 is 4.76. The van der Waals surface area contributed by atoms with Crippen molar-refractivity contribution >= 4 is 60.7 Å². The molecule has 10 aromatic rings. The second-order valence-corrected chi connectivity index (χ2v) is 13.0. The van der Waals surface area contributed by atoms with E-state index in [1.54, 1.807) is 0 Å². The Morgan fingerprint density at radius 2 is 0.686 bits per heavy atom. The zero-order chi connectivity index (χ0) is 33.7. The van der Waals surface area contributed by atoms with E-state index in [9.17, 15) is 0 Å². The third kappa shape index (κ3) is 4.82. The van der Waals surface area contributed by atoms with E-state index >= 15 is 0 Å². The maximum absolute atomic E-state index is 2.39. The number of anilines is 3. The summed E-state index contributed by atoms with van der Waals surface area (Å²) in [6.07, 6.45) is 0. The quantitative estimate of drug-likeness (QED) is 0.174. The Morgan fingerprint density at radius 3 is 1.24 bits per heavy atom. The molecule has 0 saturated carbocycles. The predicted octanol–water partition coefficient (Wildman–Crippen LogP) is 13.0. The molecule has 0 amide bonds. The third-order valence-corrected chi connectivity index (χ3v) is 10.1. The Hall–Kier alpha value is -6.84. The van der Waals surface area contributed by atoms with Gasteiger partial charge in [-0.3, -0.25) is 0 Å². The first-order chi connectivity index (χ1) is 25.3. The molecule has 240 valence electrons. The molecule has 0 bridgehead atoms. The molecular formula is C48H33N3. The molecule has 51 heavy (non-hydrogen) atoms. The van der Waals surface area contributed by atoms with Crippen molar-refractivity contribution in [1.29, 1.82) is 0 Å². The minimum Gasteiger partial charge on any atom is -0.310 e. The molecule has 0 aliphatic heterocycles. The van der Waals surface area contributed by atoms with Gasteiger partial charge in [-0.2, -0.15) is 0 Å². The van der Waals surface area contributed by atoms with Crippen molar-refractivity contribution < 1.29 is 0 Å². The van der Waals surface area contributed by atoms with Gasteiger partial charge in [-0.1, -0.05) is 115 Å². The van der Waals surface area contributed by atoms with Gasteiger partial charge in [0, 0.05) is 50.0 Å². The van der Waals surface area contributed by atoms with Crippen LogP contribution in [0.15, 0.2) is 200 Å². The summed E-state index contributed by atoms with van der Waals surface area (Å²) >= 11 is 0. The standard InChI is InChI=1S/C48H33N3/c1-4-14-34(15-5-1)35-24-26-38(27-25-35)51-46-23-13-11-21-42(46)44-33-40(29-31-48(44)51)49(36-16-6-2-7-17-36)39-28-30-47-43(32-39)41-20-10-12-22-45(41)50(47)37-18-8-3-9-19-37/h1-33H. The van der Waals surface area contributed by atoms with Gasteiger partial charge in [0.15, 0.2) is 0 Å². The third-order valence-electron chi connectivity index (χ3n) is 10.1. The average Bonchev–Trinajstić information content (AvgIpc) is 3.72. The molecular weight excluding hydrogens is 619 g/mol. The summed E-state index contributed by atoms with van der Waals surface area (Å²) in [5, 5.41) is 4.92. The van der Waals surface area contributed by atoms with Crippen molar-refractivity contribution in [2.45, 2.75) is 0 Å². The fourth-order valence-electron chi connectivity index (χ4n) is 7.79. The topological polar surface area (TPSA) is 13.1 Å². The first kappa shape index (κ1) is 29.1. The second-order valence-electron chi connectivity index (χ2n) is 13.0. The molecule has 3 heteroatoms. The van der Waals surface area contributed by atoms with E-state index in [0.717, 1.165) is 28.4 Å². The van der Waals surface area contributed by atoms with E-state index in [4.69, 9.17) is 0 Å². The minimum atomic E-state index is 1.11. The molecule has 0 aliphatic rings. The van der Waals surface area contributed by atoms with Crippen LogP contribution < -0.4 is 4.90 Å². The fraction of sp³-hybridized carbons (Fsp3) is 0. The summed E-state index contributed by atoms with van der Waals surface area (Å²) in [4.78, 5) is 2.38. The molecule has 2 aromatic heterocycles. The average molecular weight is 652 g/mol. The molecule has 0 N–H and O–H groups in total. The minimum absolute atomic E-state index is 1.11. The number of benzene rings is 8. The smallest absolute Gasteiger partial charge is 0.0542 e. The Bertz CT molecular complexity index is 2830. The predicted molar refractivity (Wildman–Crippen MR) is 215 cm³/mol. The Kier molecular flexibility index (Phi) is 6.81. The lowest BCUT2D eigenvalue weighted by molar-refractivity contribution is 1.18. The Morgan fingerprint density at radius 1 is 0.275 bits per heavy atom. The van der Waals surface area contributed by atoms with E-state index in [-0.39, 0.29) is 0 Å². The number of fused-ring (bicyclic) bond motifs is 6. The number of rotatable bonds is 6. The summed E-state index contributed by atoms with van der Waals surface area (Å²) in [6, 6.07) is 72.1. The molecule has 0 radical (unpaired) electrons. The monoisotopic (exact) mass is 651 g/mol. The largest absolute Gasteiger partial charge is 0.310 e. The highest BCUT2D eigenvalue weighted by Crippen LogP contribution is 2.42. The lowest BCUT2D eigenvalue weighted by atomic mass is 10.1. The molecule has 0 atom stereocenters. The van der Waals surface area contributed by atoms with Gasteiger partial charge in [0.25, 0.3) is 0 Å². The summed E-state index contributed by atoms with van der Waals surface area (Å²) in [5.41, 5.74) is 12.9. The van der Waals surface area contributed by atoms with Crippen LogP contribution >= 0.6 is 0 Å². The molecule has 0 aliphatic carbocycles. The van der Waals surface area contributed by atoms with Crippen LogP contribution in [0.25, 0.3) is 66.1 Å². The fourth-order valence-corrected chi connectivity index (χ4v) is 7.79. The molecule has 3 nitrogen and oxygen atoms in total. The van der Waals surface area contributed by atoms with Crippen LogP contribution in [-0.4, -0.2) is 9.13 Å². The summed E-state index contributed by atoms with van der Waals surface area (Å²) in [5.74, 6) is 0.